The van der Waals surface area contributed by atoms with Crippen molar-refractivity contribution in [1.29, 1.82) is 0 Å². The lowest BCUT2D eigenvalue weighted by molar-refractivity contribution is -0.121. The van der Waals surface area contributed by atoms with E-state index in [2.05, 4.69) is 10.2 Å². The van der Waals surface area contributed by atoms with Crippen molar-refractivity contribution in [3.8, 4) is 0 Å². The van der Waals surface area contributed by atoms with Crippen molar-refractivity contribution in [3.05, 3.63) is 0 Å². The van der Waals surface area contributed by atoms with E-state index in [4.69, 9.17) is 0 Å². The Labute approximate surface area is 90.6 Å². The van der Waals surface area contributed by atoms with Crippen LogP contribution in [0.3, 0.4) is 0 Å². The molecule has 14 heavy (non-hydrogen) atoms. The third-order valence-electron chi connectivity index (χ3n) is 2.21. The number of rotatable bonds is 4. The van der Waals surface area contributed by atoms with Gasteiger partial charge in [-0.15, -0.1) is 0 Å². The molecule has 0 aromatic carbocycles. The normalized spacial score (nSPS) is 18.5. The van der Waals surface area contributed by atoms with E-state index in [0.29, 0.717) is 6.42 Å². The average Bonchev–Trinajstić information content (AvgIpc) is 2.15. The third-order valence-corrected chi connectivity index (χ3v) is 3.15. The first-order chi connectivity index (χ1) is 6.68. The summed E-state index contributed by atoms with van der Waals surface area (Å²) >= 11 is 2.00. The summed E-state index contributed by atoms with van der Waals surface area (Å²) in [5.74, 6) is 2.61. The maximum Gasteiger partial charge on any atom is 0.221 e. The van der Waals surface area contributed by atoms with Gasteiger partial charge in [-0.2, -0.15) is 11.8 Å². The Balaban J connectivity index is 2.09. The molecule has 0 bridgehead atoms. The molecule has 0 aromatic rings. The average molecular weight is 216 g/mol. The van der Waals surface area contributed by atoms with E-state index in [0.717, 1.165) is 19.6 Å². The molecule has 1 aliphatic rings. The van der Waals surface area contributed by atoms with Crippen LogP contribution in [0, 0.1) is 0 Å². The number of hydrogen-bond donors (Lipinski definition) is 1. The molecule has 1 rings (SSSR count). The van der Waals surface area contributed by atoms with Crippen LogP contribution in [-0.2, 0) is 4.79 Å². The molecule has 0 unspecified atom stereocenters. The first-order valence-electron chi connectivity index (χ1n) is 5.28. The summed E-state index contributed by atoms with van der Waals surface area (Å²) in [6.45, 7) is 7.18. The van der Waals surface area contributed by atoms with Crippen molar-refractivity contribution in [3.63, 3.8) is 0 Å². The minimum atomic E-state index is 0.179. The zero-order valence-electron chi connectivity index (χ0n) is 9.08. The number of carbonyl (C=O) groups excluding carboxylic acids is 1. The maximum absolute atomic E-state index is 11.4. The van der Waals surface area contributed by atoms with Gasteiger partial charge in [-0.05, 0) is 13.8 Å². The third kappa shape index (κ3) is 4.86. The van der Waals surface area contributed by atoms with Crippen LogP contribution < -0.4 is 5.32 Å². The van der Waals surface area contributed by atoms with E-state index < -0.39 is 0 Å². The fourth-order valence-corrected chi connectivity index (χ4v) is 2.46. The van der Waals surface area contributed by atoms with E-state index >= 15 is 0 Å². The largest absolute Gasteiger partial charge is 0.354 e. The van der Waals surface area contributed by atoms with Crippen LogP contribution in [0.2, 0.25) is 0 Å². The second-order valence-corrected chi connectivity index (χ2v) is 5.15. The van der Waals surface area contributed by atoms with Gasteiger partial charge in [0.1, 0.15) is 0 Å². The SMILES string of the molecule is CC(C)NC(=O)CCN1CCSCC1. The number of amides is 1. The molecule has 1 heterocycles. The van der Waals surface area contributed by atoms with Crippen molar-refractivity contribution in [1.82, 2.24) is 10.2 Å². The van der Waals surface area contributed by atoms with Gasteiger partial charge >= 0.3 is 0 Å². The Morgan fingerprint density at radius 2 is 2.07 bits per heavy atom. The van der Waals surface area contributed by atoms with Gasteiger partial charge in [-0.25, -0.2) is 0 Å². The molecule has 1 amide bonds. The van der Waals surface area contributed by atoms with E-state index in [9.17, 15) is 4.79 Å². The van der Waals surface area contributed by atoms with Crippen LogP contribution in [0.5, 0.6) is 0 Å². The summed E-state index contributed by atoms with van der Waals surface area (Å²) in [4.78, 5) is 13.7. The molecular weight excluding hydrogens is 196 g/mol. The number of nitrogens with zero attached hydrogens (tertiary/aromatic N) is 1. The van der Waals surface area contributed by atoms with Crippen LogP contribution in [0.4, 0.5) is 0 Å². The number of thioether (sulfide) groups is 1. The Morgan fingerprint density at radius 3 is 2.64 bits per heavy atom. The summed E-state index contributed by atoms with van der Waals surface area (Å²) in [5, 5.41) is 2.91. The molecule has 1 fully saturated rings. The Bertz CT molecular complexity index is 179. The molecule has 0 radical (unpaired) electrons. The first-order valence-corrected chi connectivity index (χ1v) is 6.43. The highest BCUT2D eigenvalue weighted by molar-refractivity contribution is 7.99. The fourth-order valence-electron chi connectivity index (χ4n) is 1.48. The lowest BCUT2D eigenvalue weighted by Crippen LogP contribution is -2.37. The molecule has 82 valence electrons. The van der Waals surface area contributed by atoms with Crippen molar-refractivity contribution in [2.45, 2.75) is 26.3 Å². The monoisotopic (exact) mass is 216 g/mol. The van der Waals surface area contributed by atoms with Crippen molar-refractivity contribution < 1.29 is 4.79 Å². The second-order valence-electron chi connectivity index (χ2n) is 3.93. The van der Waals surface area contributed by atoms with Crippen molar-refractivity contribution >= 4 is 17.7 Å². The topological polar surface area (TPSA) is 32.3 Å². The molecule has 0 spiro atoms. The highest BCUT2D eigenvalue weighted by Crippen LogP contribution is 2.08. The second kappa shape index (κ2) is 6.30. The molecule has 4 heteroatoms. The highest BCUT2D eigenvalue weighted by Gasteiger charge is 2.11. The predicted octanol–water partition coefficient (Wildman–Crippen LogP) is 0.950. The molecule has 0 saturated carbocycles. The van der Waals surface area contributed by atoms with Crippen LogP contribution in [0.25, 0.3) is 0 Å². The Hall–Kier alpha value is -0.220. The number of nitrogens with one attached hydrogen (secondary N) is 1. The van der Waals surface area contributed by atoms with Crippen LogP contribution >= 0.6 is 11.8 Å². The molecule has 1 saturated heterocycles. The van der Waals surface area contributed by atoms with Gasteiger partial charge < -0.3 is 10.2 Å². The minimum Gasteiger partial charge on any atom is -0.354 e. The summed E-state index contributed by atoms with van der Waals surface area (Å²) in [6, 6.07) is 0.263. The van der Waals surface area contributed by atoms with E-state index in [1.54, 1.807) is 0 Å². The summed E-state index contributed by atoms with van der Waals surface area (Å²) < 4.78 is 0. The van der Waals surface area contributed by atoms with Gasteiger partial charge in [0.25, 0.3) is 0 Å². The van der Waals surface area contributed by atoms with E-state index in [1.165, 1.54) is 11.5 Å². The first kappa shape index (κ1) is 11.9. The summed E-state index contributed by atoms with van der Waals surface area (Å²) in [6.07, 6.45) is 0.642. The van der Waals surface area contributed by atoms with Gasteiger partial charge in [0.15, 0.2) is 0 Å². The molecule has 3 nitrogen and oxygen atoms in total. The lowest BCUT2D eigenvalue weighted by atomic mass is 10.3. The quantitative estimate of drug-likeness (QED) is 0.759. The van der Waals surface area contributed by atoms with Crippen molar-refractivity contribution in [2.75, 3.05) is 31.1 Å². The van der Waals surface area contributed by atoms with Gasteiger partial charge in [0.05, 0.1) is 0 Å². The molecule has 0 aliphatic carbocycles. The standard InChI is InChI=1S/C10H20N2OS/c1-9(2)11-10(13)3-4-12-5-7-14-8-6-12/h9H,3-8H2,1-2H3,(H,11,13). The van der Waals surface area contributed by atoms with E-state index in [1.807, 2.05) is 25.6 Å². The van der Waals surface area contributed by atoms with Crippen LogP contribution in [0.15, 0.2) is 0 Å². The predicted molar refractivity (Wildman–Crippen MR) is 61.7 cm³/mol. The number of carbonyl (C=O) groups is 1. The molecule has 0 aromatic heterocycles. The zero-order valence-corrected chi connectivity index (χ0v) is 9.90. The van der Waals surface area contributed by atoms with Gasteiger partial charge in [-0.3, -0.25) is 4.79 Å². The Kier molecular flexibility index (Phi) is 5.33. The smallest absolute Gasteiger partial charge is 0.221 e. The molecule has 1 aliphatic heterocycles. The lowest BCUT2D eigenvalue weighted by Gasteiger charge is -2.25. The molecule has 1 N–H and O–H groups in total. The highest BCUT2D eigenvalue weighted by atomic mass is 32.2. The minimum absolute atomic E-state index is 0.179. The van der Waals surface area contributed by atoms with Gasteiger partial charge in [-0.1, -0.05) is 0 Å². The van der Waals surface area contributed by atoms with Gasteiger partial charge in [0, 0.05) is 43.6 Å². The maximum atomic E-state index is 11.4. The Morgan fingerprint density at radius 1 is 1.43 bits per heavy atom. The van der Waals surface area contributed by atoms with E-state index in [-0.39, 0.29) is 11.9 Å². The van der Waals surface area contributed by atoms with Gasteiger partial charge in [0.2, 0.25) is 5.91 Å². The summed E-state index contributed by atoms with van der Waals surface area (Å²) in [5.41, 5.74) is 0. The van der Waals surface area contributed by atoms with Crippen LogP contribution in [-0.4, -0.2) is 48.0 Å². The summed E-state index contributed by atoms with van der Waals surface area (Å²) in [7, 11) is 0. The zero-order chi connectivity index (χ0) is 10.4. The van der Waals surface area contributed by atoms with Crippen LogP contribution in [0.1, 0.15) is 20.3 Å². The molecular formula is C10H20N2OS. The molecule has 0 atom stereocenters. The number of hydrogen-bond acceptors (Lipinski definition) is 3. The fraction of sp³-hybridized carbons (Fsp3) is 0.900. The van der Waals surface area contributed by atoms with Crippen molar-refractivity contribution in [2.24, 2.45) is 0 Å².